The molecular formula is C28H33F4N7O2. The van der Waals surface area contributed by atoms with Crippen molar-refractivity contribution in [3.8, 4) is 11.5 Å². The summed E-state index contributed by atoms with van der Waals surface area (Å²) in [5.41, 5.74) is 1.40. The van der Waals surface area contributed by atoms with Crippen molar-refractivity contribution >= 4 is 22.5 Å². The highest BCUT2D eigenvalue weighted by Crippen LogP contribution is 2.35. The quantitative estimate of drug-likeness (QED) is 0.270. The number of piperidine rings is 1. The summed E-state index contributed by atoms with van der Waals surface area (Å²) in [6.45, 7) is 4.54. The van der Waals surface area contributed by atoms with Crippen LogP contribution in [-0.2, 0) is 19.6 Å². The van der Waals surface area contributed by atoms with Gasteiger partial charge in [0.1, 0.15) is 12.7 Å². The molecule has 1 saturated heterocycles. The lowest BCUT2D eigenvalue weighted by Gasteiger charge is -2.33. The number of carbonyl (C=O) groups excluding carboxylic acids is 1. The van der Waals surface area contributed by atoms with E-state index in [4.69, 9.17) is 4.52 Å². The molecule has 0 bridgehead atoms. The molecule has 0 aliphatic carbocycles. The lowest BCUT2D eigenvalue weighted by molar-refractivity contribution is -0.139. The summed E-state index contributed by atoms with van der Waals surface area (Å²) >= 11 is 0. The average molecular weight is 576 g/mol. The molecule has 1 aromatic carbocycles. The van der Waals surface area contributed by atoms with Crippen LogP contribution in [0.5, 0.6) is 0 Å². The standard InChI is InChI=1S/C28H33F4N7O2/c1-17(2)13-38-10-7-18(14-38)27(40)33-12-25-35-26(36-41-25)24-11-19-21(34-22-8-9-37(3)15-20(22)29)5-4-6-23(19)39(24)16-28(30,31)32/h4-7,10-11,14,17,20,22,34H,8-9,12-13,15-16H2,1-3H3,(H,33,40)/t20-,22+/m0/s1. The first-order chi connectivity index (χ1) is 19.5. The van der Waals surface area contributed by atoms with Crippen molar-refractivity contribution in [3.63, 3.8) is 0 Å². The van der Waals surface area contributed by atoms with Gasteiger partial charge in [-0.2, -0.15) is 18.2 Å². The molecular weight excluding hydrogens is 542 g/mol. The van der Waals surface area contributed by atoms with Crippen LogP contribution < -0.4 is 10.6 Å². The molecule has 220 valence electrons. The van der Waals surface area contributed by atoms with Crippen LogP contribution in [0.25, 0.3) is 22.4 Å². The maximum atomic E-state index is 14.7. The first-order valence-electron chi connectivity index (χ1n) is 13.5. The fourth-order valence-corrected chi connectivity index (χ4v) is 5.16. The maximum absolute atomic E-state index is 14.7. The van der Waals surface area contributed by atoms with E-state index >= 15 is 0 Å². The summed E-state index contributed by atoms with van der Waals surface area (Å²) in [5, 5.41) is 10.3. The van der Waals surface area contributed by atoms with Crippen molar-refractivity contribution < 1.29 is 26.9 Å². The summed E-state index contributed by atoms with van der Waals surface area (Å²) in [4.78, 5) is 18.8. The zero-order chi connectivity index (χ0) is 29.3. The Labute approximate surface area is 234 Å². The minimum absolute atomic E-state index is 0.0451. The van der Waals surface area contributed by atoms with Crippen LogP contribution >= 0.6 is 0 Å². The second-order valence-electron chi connectivity index (χ2n) is 11.0. The van der Waals surface area contributed by atoms with Crippen LogP contribution in [0.4, 0.5) is 23.2 Å². The van der Waals surface area contributed by atoms with E-state index in [0.29, 0.717) is 41.0 Å². The highest BCUT2D eigenvalue weighted by atomic mass is 19.4. The number of alkyl halides is 4. The molecule has 3 aromatic heterocycles. The molecule has 41 heavy (non-hydrogen) atoms. The van der Waals surface area contributed by atoms with Crippen LogP contribution in [0.2, 0.25) is 0 Å². The van der Waals surface area contributed by atoms with E-state index in [1.54, 1.807) is 36.5 Å². The van der Waals surface area contributed by atoms with E-state index in [9.17, 15) is 22.4 Å². The molecule has 2 N–H and O–H groups in total. The molecule has 4 aromatic rings. The van der Waals surface area contributed by atoms with Gasteiger partial charge in [-0.25, -0.2) is 4.39 Å². The molecule has 0 spiro atoms. The van der Waals surface area contributed by atoms with Gasteiger partial charge in [0.25, 0.3) is 5.91 Å². The van der Waals surface area contributed by atoms with E-state index in [0.717, 1.165) is 11.1 Å². The van der Waals surface area contributed by atoms with Gasteiger partial charge in [-0.15, -0.1) is 0 Å². The van der Waals surface area contributed by atoms with Gasteiger partial charge >= 0.3 is 6.18 Å². The summed E-state index contributed by atoms with van der Waals surface area (Å²) in [6, 6.07) is 7.72. The second kappa shape index (κ2) is 11.6. The number of benzene rings is 1. The highest BCUT2D eigenvalue weighted by molar-refractivity contribution is 5.96. The van der Waals surface area contributed by atoms with Crippen molar-refractivity contribution in [1.82, 2.24) is 29.5 Å². The Balaban J connectivity index is 1.38. The number of amides is 1. The zero-order valence-electron chi connectivity index (χ0n) is 23.1. The van der Waals surface area contributed by atoms with Gasteiger partial charge < -0.3 is 29.2 Å². The molecule has 1 aliphatic rings. The Morgan fingerprint density at radius 1 is 1.24 bits per heavy atom. The minimum atomic E-state index is -4.52. The zero-order valence-corrected chi connectivity index (χ0v) is 23.1. The highest BCUT2D eigenvalue weighted by Gasteiger charge is 2.32. The maximum Gasteiger partial charge on any atom is 0.406 e. The average Bonchev–Trinajstić information content (AvgIpc) is 3.63. The largest absolute Gasteiger partial charge is 0.406 e. The predicted molar refractivity (Wildman–Crippen MR) is 146 cm³/mol. The van der Waals surface area contributed by atoms with Gasteiger partial charge in [0.05, 0.1) is 29.4 Å². The molecule has 0 radical (unpaired) electrons. The third-order valence-electron chi connectivity index (χ3n) is 7.05. The number of halogens is 4. The van der Waals surface area contributed by atoms with Crippen LogP contribution in [0, 0.1) is 5.92 Å². The first kappa shape index (κ1) is 28.7. The van der Waals surface area contributed by atoms with Gasteiger partial charge in [0, 0.05) is 43.1 Å². The van der Waals surface area contributed by atoms with E-state index in [1.807, 2.05) is 22.7 Å². The number of nitrogens with zero attached hydrogens (tertiary/aromatic N) is 5. The number of hydrogen-bond acceptors (Lipinski definition) is 6. The second-order valence-corrected chi connectivity index (χ2v) is 11.0. The van der Waals surface area contributed by atoms with Gasteiger partial charge in [-0.05, 0) is 43.7 Å². The van der Waals surface area contributed by atoms with Crippen LogP contribution in [0.15, 0.2) is 47.2 Å². The van der Waals surface area contributed by atoms with Crippen molar-refractivity contribution in [3.05, 3.63) is 54.2 Å². The predicted octanol–water partition coefficient (Wildman–Crippen LogP) is 5.10. The molecule has 4 heterocycles. The number of likely N-dealkylation sites (tertiary alicyclic amines) is 1. The number of anilines is 1. The van der Waals surface area contributed by atoms with E-state index in [2.05, 4.69) is 34.6 Å². The number of rotatable bonds is 9. The minimum Gasteiger partial charge on any atom is -0.379 e. The number of carbonyl (C=O) groups is 1. The molecule has 5 rings (SSSR count). The summed E-state index contributed by atoms with van der Waals surface area (Å²) in [7, 11) is 1.85. The van der Waals surface area contributed by atoms with Crippen LogP contribution in [-0.4, -0.2) is 68.6 Å². The Morgan fingerprint density at radius 3 is 2.78 bits per heavy atom. The third-order valence-corrected chi connectivity index (χ3v) is 7.05. The van der Waals surface area contributed by atoms with E-state index in [-0.39, 0.29) is 36.4 Å². The molecule has 9 nitrogen and oxygen atoms in total. The molecule has 0 saturated carbocycles. The molecule has 0 unspecified atom stereocenters. The van der Waals surface area contributed by atoms with Crippen molar-refractivity contribution in [2.24, 2.45) is 5.92 Å². The SMILES string of the molecule is CC(C)Cn1ccc(C(=O)NCc2nc(-c3cc4c(N[C@@H]5CCN(C)C[C@@H]5F)cccc4n3CC(F)(F)F)no2)c1. The Hall–Kier alpha value is -3.87. The van der Waals surface area contributed by atoms with Gasteiger partial charge in [0.15, 0.2) is 0 Å². The number of aromatic nitrogens is 4. The summed E-state index contributed by atoms with van der Waals surface area (Å²) < 4.78 is 63.9. The smallest absolute Gasteiger partial charge is 0.379 e. The molecule has 1 fully saturated rings. The number of nitrogens with one attached hydrogen (secondary N) is 2. The monoisotopic (exact) mass is 575 g/mol. The fourth-order valence-electron chi connectivity index (χ4n) is 5.16. The van der Waals surface area contributed by atoms with Crippen molar-refractivity contribution in [1.29, 1.82) is 0 Å². The topological polar surface area (TPSA) is 93.2 Å². The lowest BCUT2D eigenvalue weighted by atomic mass is 10.0. The lowest BCUT2D eigenvalue weighted by Crippen LogP contribution is -2.46. The van der Waals surface area contributed by atoms with Crippen LogP contribution in [0.3, 0.4) is 0 Å². The van der Waals surface area contributed by atoms with E-state index < -0.39 is 24.9 Å². The fraction of sp³-hybridized carbons (Fsp3) is 0.464. The Morgan fingerprint density at radius 2 is 2.05 bits per heavy atom. The molecule has 2 atom stereocenters. The van der Waals surface area contributed by atoms with Gasteiger partial charge in [-0.1, -0.05) is 25.1 Å². The third kappa shape index (κ3) is 6.72. The number of fused-ring (bicyclic) bond motifs is 1. The molecule has 1 amide bonds. The number of hydrogen-bond donors (Lipinski definition) is 2. The molecule has 1 aliphatic heterocycles. The summed E-state index contributed by atoms with van der Waals surface area (Å²) in [6.07, 6.45) is -1.51. The van der Waals surface area contributed by atoms with Gasteiger partial charge in [0.2, 0.25) is 11.7 Å². The normalized spacial score (nSPS) is 18.3. The summed E-state index contributed by atoms with van der Waals surface area (Å²) in [5.74, 6) is 0.0779. The van der Waals surface area contributed by atoms with Gasteiger partial charge in [-0.3, -0.25) is 4.79 Å². The van der Waals surface area contributed by atoms with Crippen molar-refractivity contribution in [2.75, 3.05) is 25.5 Å². The first-order valence-corrected chi connectivity index (χ1v) is 13.5. The molecule has 13 heteroatoms. The van der Waals surface area contributed by atoms with Crippen molar-refractivity contribution in [2.45, 2.75) is 58.3 Å². The van der Waals surface area contributed by atoms with E-state index in [1.165, 1.54) is 0 Å². The van der Waals surface area contributed by atoms with Crippen LogP contribution in [0.1, 0.15) is 36.5 Å². The Kier molecular flexibility index (Phi) is 8.07. The Bertz CT molecular complexity index is 1510.